The van der Waals surface area contributed by atoms with E-state index in [2.05, 4.69) is 46.9 Å². The summed E-state index contributed by atoms with van der Waals surface area (Å²) < 4.78 is 0. The fourth-order valence-electron chi connectivity index (χ4n) is 3.69. The van der Waals surface area contributed by atoms with Crippen LogP contribution in [0.15, 0.2) is 55.9 Å². The number of likely N-dealkylation sites (N-methyl/N-ethyl adjacent to an activating group) is 1. The Hall–Kier alpha value is -2.50. The molecule has 1 aromatic carbocycles. The summed E-state index contributed by atoms with van der Waals surface area (Å²) in [6, 6.07) is 5.70. The van der Waals surface area contributed by atoms with Crippen molar-refractivity contribution >= 4 is 10.9 Å². The van der Waals surface area contributed by atoms with Crippen LogP contribution >= 0.6 is 0 Å². The molecule has 2 heterocycles. The topological polar surface area (TPSA) is 54.5 Å². The minimum Gasteiger partial charge on any atom is -0.508 e. The third kappa shape index (κ3) is 3.54. The van der Waals surface area contributed by atoms with Crippen LogP contribution in [0.1, 0.15) is 11.3 Å². The normalized spacial score (nSPS) is 17.0. The first-order valence-corrected chi connectivity index (χ1v) is 8.97. The van der Waals surface area contributed by atoms with E-state index in [1.165, 1.54) is 11.3 Å². The van der Waals surface area contributed by atoms with Crippen LogP contribution in [0.25, 0.3) is 10.9 Å². The first-order chi connectivity index (χ1) is 12.5. The molecule has 1 atom stereocenters. The Kier molecular flexibility index (Phi) is 5.49. The fraction of sp³-hybridized carbons (Fsp3) is 0.333. The van der Waals surface area contributed by atoms with Gasteiger partial charge in [-0.2, -0.15) is 0 Å². The number of aromatic hydroxyl groups is 1. The van der Waals surface area contributed by atoms with Crippen molar-refractivity contribution in [3.05, 3.63) is 67.2 Å². The van der Waals surface area contributed by atoms with Crippen molar-refractivity contribution in [3.8, 4) is 5.75 Å². The van der Waals surface area contributed by atoms with E-state index in [4.69, 9.17) is 0 Å². The lowest BCUT2D eigenvalue weighted by Gasteiger charge is -2.38. The average Bonchev–Trinajstić information content (AvgIpc) is 2.97. The smallest absolute Gasteiger partial charge is 0.116 e. The average molecular weight is 352 g/mol. The number of aromatic nitrogens is 1. The zero-order chi connectivity index (χ0) is 18.7. The van der Waals surface area contributed by atoms with Gasteiger partial charge >= 0.3 is 0 Å². The molecule has 1 aliphatic heterocycles. The predicted octanol–water partition coefficient (Wildman–Crippen LogP) is 2.96. The number of aromatic amines is 1. The van der Waals surface area contributed by atoms with Gasteiger partial charge in [0.25, 0.3) is 0 Å². The predicted molar refractivity (Wildman–Crippen MR) is 108 cm³/mol. The summed E-state index contributed by atoms with van der Waals surface area (Å²) in [5.41, 5.74) is 4.61. The van der Waals surface area contributed by atoms with Crippen molar-refractivity contribution in [2.75, 3.05) is 26.7 Å². The van der Waals surface area contributed by atoms with E-state index >= 15 is 0 Å². The molecule has 3 N–H and O–H groups in total. The van der Waals surface area contributed by atoms with Gasteiger partial charge in [-0.05, 0) is 43.4 Å². The Bertz CT molecular complexity index is 823. The molecule has 26 heavy (non-hydrogen) atoms. The summed E-state index contributed by atoms with van der Waals surface area (Å²) >= 11 is 0. The van der Waals surface area contributed by atoms with Crippen LogP contribution in [0, 0.1) is 0 Å². The first-order valence-electron chi connectivity index (χ1n) is 8.97. The second-order valence-corrected chi connectivity index (χ2v) is 6.81. The molecule has 0 radical (unpaired) electrons. The lowest BCUT2D eigenvalue weighted by atomic mass is 9.95. The number of rotatable bonds is 8. The molecule has 0 fully saturated rings. The van der Waals surface area contributed by atoms with E-state index in [0.29, 0.717) is 5.75 Å². The Balaban J connectivity index is 1.79. The van der Waals surface area contributed by atoms with Gasteiger partial charge in [-0.25, -0.2) is 0 Å². The molecule has 0 aliphatic carbocycles. The maximum Gasteiger partial charge on any atom is 0.116 e. The highest BCUT2D eigenvalue weighted by Gasteiger charge is 2.30. The molecular weight excluding hydrogens is 324 g/mol. The maximum atomic E-state index is 9.87. The molecule has 0 saturated carbocycles. The van der Waals surface area contributed by atoms with Crippen molar-refractivity contribution in [2.24, 2.45) is 0 Å². The van der Waals surface area contributed by atoms with Crippen molar-refractivity contribution < 1.29 is 5.11 Å². The summed E-state index contributed by atoms with van der Waals surface area (Å²) in [4.78, 5) is 7.92. The number of nitrogens with zero attached hydrogens (tertiary/aromatic N) is 2. The van der Waals surface area contributed by atoms with E-state index in [1.54, 1.807) is 6.07 Å². The Morgan fingerprint density at radius 2 is 2.27 bits per heavy atom. The molecule has 0 spiro atoms. The lowest BCUT2D eigenvalue weighted by molar-refractivity contribution is 0.212. The fourth-order valence-corrected chi connectivity index (χ4v) is 3.69. The number of hydrogen-bond donors (Lipinski definition) is 3. The van der Waals surface area contributed by atoms with Gasteiger partial charge in [0.1, 0.15) is 5.75 Å². The standard InChI is InChI=1S/C21H28N4O/c1-5-9-22-10-11-25(6-2)15(3)21-13-18-17-12-16(26)7-8-19(17)23-20(18)14-24(21)4/h5-8,12,21-23,26H,1-3,9-11,13-14H2,4H3/t21-/m0/s1. The highest BCUT2D eigenvalue weighted by Crippen LogP contribution is 2.33. The van der Waals surface area contributed by atoms with Crippen LogP contribution in [-0.4, -0.2) is 52.6 Å². The molecule has 1 aromatic heterocycles. The van der Waals surface area contributed by atoms with Crippen molar-refractivity contribution in [3.63, 3.8) is 0 Å². The van der Waals surface area contributed by atoms with Gasteiger partial charge in [-0.15, -0.1) is 6.58 Å². The van der Waals surface area contributed by atoms with Crippen LogP contribution in [0.5, 0.6) is 5.75 Å². The second kappa shape index (κ2) is 7.81. The van der Waals surface area contributed by atoms with Crippen molar-refractivity contribution in [1.29, 1.82) is 0 Å². The van der Waals surface area contributed by atoms with Crippen LogP contribution in [0.3, 0.4) is 0 Å². The number of nitrogens with one attached hydrogen (secondary N) is 2. The molecule has 0 bridgehead atoms. The largest absolute Gasteiger partial charge is 0.508 e. The molecule has 0 saturated heterocycles. The maximum absolute atomic E-state index is 9.87. The summed E-state index contributed by atoms with van der Waals surface area (Å²) in [5.74, 6) is 0.301. The quantitative estimate of drug-likeness (QED) is 0.505. The number of benzene rings is 1. The van der Waals surface area contributed by atoms with Gasteiger partial charge in [0.2, 0.25) is 0 Å². The third-order valence-corrected chi connectivity index (χ3v) is 5.11. The van der Waals surface area contributed by atoms with Gasteiger partial charge < -0.3 is 20.3 Å². The molecule has 0 amide bonds. The molecule has 0 unspecified atom stereocenters. The molecular formula is C21H28N4O. The van der Waals surface area contributed by atoms with Gasteiger partial charge in [-0.3, -0.25) is 4.90 Å². The Morgan fingerprint density at radius 1 is 1.46 bits per heavy atom. The van der Waals surface area contributed by atoms with E-state index in [-0.39, 0.29) is 6.04 Å². The van der Waals surface area contributed by atoms with Gasteiger partial charge in [0.05, 0.1) is 6.04 Å². The number of phenols is 1. The van der Waals surface area contributed by atoms with Crippen molar-refractivity contribution in [2.45, 2.75) is 19.0 Å². The molecule has 3 rings (SSSR count). The zero-order valence-corrected chi connectivity index (χ0v) is 15.5. The highest BCUT2D eigenvalue weighted by molar-refractivity contribution is 5.86. The van der Waals surface area contributed by atoms with Gasteiger partial charge in [0.15, 0.2) is 0 Å². The Labute approximate surface area is 155 Å². The highest BCUT2D eigenvalue weighted by atomic mass is 16.3. The molecule has 2 aromatic rings. The molecule has 1 aliphatic rings. The minimum atomic E-state index is 0.196. The van der Waals surface area contributed by atoms with Gasteiger partial charge in [-0.1, -0.05) is 19.2 Å². The van der Waals surface area contributed by atoms with E-state index in [0.717, 1.165) is 49.2 Å². The number of fused-ring (bicyclic) bond motifs is 3. The zero-order valence-electron chi connectivity index (χ0n) is 15.5. The summed E-state index contributed by atoms with van der Waals surface area (Å²) in [7, 11) is 2.12. The van der Waals surface area contributed by atoms with Crippen LogP contribution in [0.4, 0.5) is 0 Å². The summed E-state index contributed by atoms with van der Waals surface area (Å²) in [6.45, 7) is 15.3. The summed E-state index contributed by atoms with van der Waals surface area (Å²) in [6.07, 6.45) is 4.57. The monoisotopic (exact) mass is 352 g/mol. The Morgan fingerprint density at radius 3 is 3.00 bits per heavy atom. The number of hydrogen-bond acceptors (Lipinski definition) is 4. The SMILES string of the molecule is C=CCNCCN(C=C)C(=C)[C@@H]1Cc2c([nH]c3ccc(O)cc23)CN1C. The lowest BCUT2D eigenvalue weighted by Crippen LogP contribution is -2.43. The second-order valence-electron chi connectivity index (χ2n) is 6.81. The molecule has 5 heteroatoms. The van der Waals surface area contributed by atoms with Crippen LogP contribution in [-0.2, 0) is 13.0 Å². The summed E-state index contributed by atoms with van der Waals surface area (Å²) in [5, 5.41) is 14.3. The minimum absolute atomic E-state index is 0.196. The van der Waals surface area contributed by atoms with Crippen LogP contribution in [0.2, 0.25) is 0 Å². The first kappa shape index (κ1) is 18.3. The molecule has 5 nitrogen and oxygen atoms in total. The van der Waals surface area contributed by atoms with E-state index < -0.39 is 0 Å². The van der Waals surface area contributed by atoms with Gasteiger partial charge in [0, 0.05) is 48.5 Å². The van der Waals surface area contributed by atoms with E-state index in [9.17, 15) is 5.11 Å². The van der Waals surface area contributed by atoms with Crippen LogP contribution < -0.4 is 5.32 Å². The van der Waals surface area contributed by atoms with Crippen molar-refractivity contribution in [1.82, 2.24) is 20.1 Å². The molecule has 138 valence electrons. The third-order valence-electron chi connectivity index (χ3n) is 5.11. The number of phenolic OH excluding ortho intramolecular Hbond substituents is 1. The van der Waals surface area contributed by atoms with E-state index in [1.807, 2.05) is 24.4 Å². The number of H-pyrrole nitrogens is 1.